The fraction of sp³-hybridized carbons (Fsp3) is 0.524. The Morgan fingerprint density at radius 2 is 1.77 bits per heavy atom. The fourth-order valence-corrected chi connectivity index (χ4v) is 3.36. The average Bonchev–Trinajstić information content (AvgIpc) is 2.64. The Labute approximate surface area is 156 Å². The normalized spacial score (nSPS) is 20.0. The van der Waals surface area contributed by atoms with Crippen LogP contribution < -0.4 is 14.8 Å². The van der Waals surface area contributed by atoms with Crippen LogP contribution in [0.3, 0.4) is 0 Å². The van der Waals surface area contributed by atoms with Gasteiger partial charge in [0.15, 0.2) is 0 Å². The zero-order chi connectivity index (χ0) is 18.5. The predicted octanol–water partition coefficient (Wildman–Crippen LogP) is 4.93. The van der Waals surface area contributed by atoms with Crippen molar-refractivity contribution in [2.45, 2.75) is 58.6 Å². The standard InChI is InChI=1S/C21H29N3O2/c1-14(2)26-18-11-7-16(8-12-18)19-13-22-21(24-20(19)25-4)23-17-9-5-15(3)6-10-17/h7-8,11-15,17H,5-6,9-10H2,1-4H3,(H,22,23,24)/t15-,17+. The minimum Gasteiger partial charge on any atom is -0.491 e. The molecule has 0 radical (unpaired) electrons. The van der Waals surface area contributed by atoms with E-state index in [1.807, 2.05) is 44.3 Å². The summed E-state index contributed by atoms with van der Waals surface area (Å²) in [7, 11) is 1.65. The lowest BCUT2D eigenvalue weighted by Crippen LogP contribution is -2.26. The number of methoxy groups -OCH3 is 1. The summed E-state index contributed by atoms with van der Waals surface area (Å²) >= 11 is 0. The van der Waals surface area contributed by atoms with E-state index < -0.39 is 0 Å². The Hall–Kier alpha value is -2.30. The largest absolute Gasteiger partial charge is 0.491 e. The van der Waals surface area contributed by atoms with E-state index >= 15 is 0 Å². The zero-order valence-corrected chi connectivity index (χ0v) is 16.2. The van der Waals surface area contributed by atoms with Crippen molar-refractivity contribution in [1.29, 1.82) is 0 Å². The molecule has 1 fully saturated rings. The molecule has 0 amide bonds. The Morgan fingerprint density at radius 1 is 1.08 bits per heavy atom. The van der Waals surface area contributed by atoms with Crippen LogP contribution in [0.4, 0.5) is 5.95 Å². The van der Waals surface area contributed by atoms with Crippen LogP contribution in [0.15, 0.2) is 30.5 Å². The number of aromatic nitrogens is 2. The van der Waals surface area contributed by atoms with Gasteiger partial charge in [-0.15, -0.1) is 0 Å². The third-order valence-electron chi connectivity index (χ3n) is 4.83. The van der Waals surface area contributed by atoms with E-state index in [1.54, 1.807) is 7.11 Å². The van der Waals surface area contributed by atoms with Gasteiger partial charge < -0.3 is 14.8 Å². The molecule has 140 valence electrons. The molecule has 0 bridgehead atoms. The number of anilines is 1. The molecule has 1 aromatic heterocycles. The minimum atomic E-state index is 0.159. The average molecular weight is 355 g/mol. The van der Waals surface area contributed by atoms with Gasteiger partial charge in [-0.25, -0.2) is 4.98 Å². The van der Waals surface area contributed by atoms with Gasteiger partial charge in [0.2, 0.25) is 11.8 Å². The van der Waals surface area contributed by atoms with Gasteiger partial charge in [-0.3, -0.25) is 0 Å². The molecule has 5 heteroatoms. The number of benzene rings is 1. The highest BCUT2D eigenvalue weighted by Gasteiger charge is 2.19. The molecule has 1 N–H and O–H groups in total. The van der Waals surface area contributed by atoms with Crippen molar-refractivity contribution >= 4 is 5.95 Å². The van der Waals surface area contributed by atoms with E-state index in [9.17, 15) is 0 Å². The third-order valence-corrected chi connectivity index (χ3v) is 4.83. The molecule has 1 saturated carbocycles. The van der Waals surface area contributed by atoms with Gasteiger partial charge in [0.05, 0.1) is 18.8 Å². The number of hydrogen-bond donors (Lipinski definition) is 1. The first-order chi connectivity index (χ1) is 12.5. The summed E-state index contributed by atoms with van der Waals surface area (Å²) in [6.07, 6.45) is 6.86. The number of ether oxygens (including phenoxy) is 2. The maximum atomic E-state index is 5.70. The highest BCUT2D eigenvalue weighted by Crippen LogP contribution is 2.31. The lowest BCUT2D eigenvalue weighted by molar-refractivity contribution is 0.242. The van der Waals surface area contributed by atoms with Crippen LogP contribution in [0, 0.1) is 5.92 Å². The van der Waals surface area contributed by atoms with Crippen molar-refractivity contribution < 1.29 is 9.47 Å². The Balaban J connectivity index is 1.74. The van der Waals surface area contributed by atoms with Crippen LogP contribution in [0.1, 0.15) is 46.5 Å². The Bertz CT molecular complexity index is 708. The fourth-order valence-electron chi connectivity index (χ4n) is 3.36. The van der Waals surface area contributed by atoms with Crippen molar-refractivity contribution in [2.75, 3.05) is 12.4 Å². The second-order valence-electron chi connectivity index (χ2n) is 7.41. The first kappa shape index (κ1) is 18.5. The van der Waals surface area contributed by atoms with Crippen molar-refractivity contribution in [3.63, 3.8) is 0 Å². The van der Waals surface area contributed by atoms with Crippen LogP contribution in [0.25, 0.3) is 11.1 Å². The molecular formula is C21H29N3O2. The molecule has 3 rings (SSSR count). The van der Waals surface area contributed by atoms with E-state index in [2.05, 4.69) is 22.2 Å². The van der Waals surface area contributed by atoms with E-state index in [0.717, 1.165) is 22.8 Å². The quantitative estimate of drug-likeness (QED) is 0.796. The van der Waals surface area contributed by atoms with Crippen LogP contribution in [0.5, 0.6) is 11.6 Å². The number of nitrogens with one attached hydrogen (secondary N) is 1. The molecule has 2 aromatic rings. The van der Waals surface area contributed by atoms with Crippen LogP contribution in [0.2, 0.25) is 0 Å². The summed E-state index contributed by atoms with van der Waals surface area (Å²) < 4.78 is 11.2. The third kappa shape index (κ3) is 4.65. The summed E-state index contributed by atoms with van der Waals surface area (Å²) in [5, 5.41) is 3.46. The van der Waals surface area contributed by atoms with Crippen LogP contribution in [-0.2, 0) is 0 Å². The molecule has 0 aliphatic heterocycles. The maximum Gasteiger partial charge on any atom is 0.226 e. The molecule has 0 saturated heterocycles. The van der Waals surface area contributed by atoms with Gasteiger partial charge in [0.1, 0.15) is 5.75 Å². The van der Waals surface area contributed by atoms with E-state index in [0.29, 0.717) is 17.9 Å². The Kier molecular flexibility index (Phi) is 5.96. The zero-order valence-electron chi connectivity index (χ0n) is 16.2. The predicted molar refractivity (Wildman–Crippen MR) is 105 cm³/mol. The number of hydrogen-bond acceptors (Lipinski definition) is 5. The molecular weight excluding hydrogens is 326 g/mol. The van der Waals surface area contributed by atoms with Gasteiger partial charge in [-0.1, -0.05) is 19.1 Å². The van der Waals surface area contributed by atoms with E-state index in [4.69, 9.17) is 9.47 Å². The molecule has 0 atom stereocenters. The molecule has 26 heavy (non-hydrogen) atoms. The first-order valence-electron chi connectivity index (χ1n) is 9.49. The highest BCUT2D eigenvalue weighted by atomic mass is 16.5. The van der Waals surface area contributed by atoms with Gasteiger partial charge in [-0.05, 0) is 63.1 Å². The molecule has 1 aromatic carbocycles. The second kappa shape index (κ2) is 8.39. The number of nitrogens with zero attached hydrogens (tertiary/aromatic N) is 2. The molecule has 1 aliphatic rings. The molecule has 0 unspecified atom stereocenters. The van der Waals surface area contributed by atoms with Gasteiger partial charge >= 0.3 is 0 Å². The van der Waals surface area contributed by atoms with Gasteiger partial charge in [0.25, 0.3) is 0 Å². The molecule has 5 nitrogen and oxygen atoms in total. The SMILES string of the molecule is COc1nc(N[C@H]2CC[C@@H](C)CC2)ncc1-c1ccc(OC(C)C)cc1. The topological polar surface area (TPSA) is 56.3 Å². The lowest BCUT2D eigenvalue weighted by Gasteiger charge is -2.27. The van der Waals surface area contributed by atoms with Crippen molar-refractivity contribution in [3.05, 3.63) is 30.5 Å². The monoisotopic (exact) mass is 355 g/mol. The van der Waals surface area contributed by atoms with Gasteiger partial charge in [0, 0.05) is 12.2 Å². The maximum absolute atomic E-state index is 5.70. The molecule has 1 aliphatic carbocycles. The number of rotatable bonds is 6. The summed E-state index contributed by atoms with van der Waals surface area (Å²) in [6, 6.07) is 8.39. The summed E-state index contributed by atoms with van der Waals surface area (Å²) in [5.74, 6) is 2.91. The van der Waals surface area contributed by atoms with E-state index in [-0.39, 0.29) is 6.10 Å². The highest BCUT2D eigenvalue weighted by molar-refractivity contribution is 5.69. The summed E-state index contributed by atoms with van der Waals surface area (Å²) in [6.45, 7) is 6.36. The van der Waals surface area contributed by atoms with E-state index in [1.165, 1.54) is 25.7 Å². The van der Waals surface area contributed by atoms with Gasteiger partial charge in [-0.2, -0.15) is 4.98 Å². The van der Waals surface area contributed by atoms with Crippen molar-refractivity contribution in [2.24, 2.45) is 5.92 Å². The smallest absolute Gasteiger partial charge is 0.226 e. The molecule has 0 spiro atoms. The first-order valence-corrected chi connectivity index (χ1v) is 9.49. The lowest BCUT2D eigenvalue weighted by atomic mass is 9.87. The Morgan fingerprint density at radius 3 is 2.38 bits per heavy atom. The van der Waals surface area contributed by atoms with Crippen molar-refractivity contribution in [3.8, 4) is 22.8 Å². The summed E-state index contributed by atoms with van der Waals surface area (Å²) in [4.78, 5) is 9.09. The molecule has 1 heterocycles. The minimum absolute atomic E-state index is 0.159. The van der Waals surface area contributed by atoms with Crippen molar-refractivity contribution in [1.82, 2.24) is 9.97 Å². The second-order valence-corrected chi connectivity index (χ2v) is 7.41. The summed E-state index contributed by atoms with van der Waals surface area (Å²) in [5.41, 5.74) is 1.89. The van der Waals surface area contributed by atoms with Crippen LogP contribution in [-0.4, -0.2) is 29.2 Å². The van der Waals surface area contributed by atoms with Crippen LogP contribution >= 0.6 is 0 Å².